The zero-order valence-electron chi connectivity index (χ0n) is 10.5. The number of hydrogen-bond acceptors (Lipinski definition) is 5. The van der Waals surface area contributed by atoms with Crippen LogP contribution in [0.3, 0.4) is 0 Å². The van der Waals surface area contributed by atoms with Crippen molar-refractivity contribution in [3.8, 4) is 0 Å². The monoisotopic (exact) mass is 278 g/mol. The summed E-state index contributed by atoms with van der Waals surface area (Å²) in [5, 5.41) is 8.05. The minimum atomic E-state index is 0.616. The normalized spacial score (nSPS) is 15.7. The maximum absolute atomic E-state index is 5.86. The molecular weight excluding hydrogens is 264 g/mol. The Morgan fingerprint density at radius 3 is 2.68 bits per heavy atom. The molecule has 1 fully saturated rings. The molecule has 1 aromatic carbocycles. The van der Waals surface area contributed by atoms with E-state index in [1.165, 1.54) is 0 Å². The maximum atomic E-state index is 5.86. The van der Waals surface area contributed by atoms with Crippen molar-refractivity contribution in [2.24, 2.45) is 0 Å². The van der Waals surface area contributed by atoms with Gasteiger partial charge in [0, 0.05) is 37.6 Å². The first-order valence-electron chi connectivity index (χ1n) is 6.34. The Hall–Kier alpha value is -1.59. The fraction of sp³-hybridized carbons (Fsp3) is 0.385. The highest BCUT2D eigenvalue weighted by atomic mass is 35.5. The molecule has 0 spiro atoms. The molecule has 1 aliphatic rings. The van der Waals surface area contributed by atoms with Crippen LogP contribution in [0.25, 0.3) is 0 Å². The van der Waals surface area contributed by atoms with E-state index in [-0.39, 0.29) is 0 Å². The molecule has 5 nitrogen and oxygen atoms in total. The van der Waals surface area contributed by atoms with E-state index in [1.54, 1.807) is 0 Å². The summed E-state index contributed by atoms with van der Waals surface area (Å²) < 4.78 is 5.31. The van der Waals surface area contributed by atoms with E-state index < -0.39 is 0 Å². The van der Waals surface area contributed by atoms with Gasteiger partial charge < -0.3 is 14.7 Å². The van der Waals surface area contributed by atoms with Gasteiger partial charge in [0.2, 0.25) is 0 Å². The second kappa shape index (κ2) is 5.59. The summed E-state index contributed by atoms with van der Waals surface area (Å²) in [6.07, 6.45) is 0.659. The Morgan fingerprint density at radius 1 is 1.21 bits per heavy atom. The lowest BCUT2D eigenvalue weighted by Crippen LogP contribution is -2.43. The molecule has 0 radical (unpaired) electrons. The molecule has 1 N–H and O–H groups in total. The van der Waals surface area contributed by atoms with Gasteiger partial charge in [0.15, 0.2) is 5.82 Å². The quantitative estimate of drug-likeness (QED) is 0.927. The van der Waals surface area contributed by atoms with Crippen LogP contribution in [-0.4, -0.2) is 36.3 Å². The smallest absolute Gasteiger partial charge is 0.322 e. The van der Waals surface area contributed by atoms with E-state index in [9.17, 15) is 0 Å². The molecule has 0 amide bonds. The standard InChI is InChI=1S/C13H15ClN4O/c14-11-3-1-10(2-4-11)9-12-16-13(19-17-12)18-7-5-15-6-8-18/h1-4,15H,5-9H2. The third kappa shape index (κ3) is 3.05. The Morgan fingerprint density at radius 2 is 1.95 bits per heavy atom. The molecular formula is C13H15ClN4O. The molecule has 0 aliphatic carbocycles. The summed E-state index contributed by atoms with van der Waals surface area (Å²) >= 11 is 5.86. The maximum Gasteiger partial charge on any atom is 0.324 e. The van der Waals surface area contributed by atoms with E-state index in [1.807, 2.05) is 24.3 Å². The van der Waals surface area contributed by atoms with Crippen molar-refractivity contribution < 1.29 is 4.52 Å². The van der Waals surface area contributed by atoms with E-state index in [0.29, 0.717) is 18.3 Å². The molecule has 19 heavy (non-hydrogen) atoms. The number of rotatable bonds is 3. The molecule has 1 aromatic heterocycles. The number of aromatic nitrogens is 2. The van der Waals surface area contributed by atoms with Crippen molar-refractivity contribution in [3.63, 3.8) is 0 Å². The molecule has 0 atom stereocenters. The molecule has 2 heterocycles. The number of hydrogen-bond donors (Lipinski definition) is 1. The van der Waals surface area contributed by atoms with Gasteiger partial charge in [0.05, 0.1) is 0 Å². The van der Waals surface area contributed by atoms with Gasteiger partial charge in [-0.15, -0.1) is 0 Å². The van der Waals surface area contributed by atoms with Crippen molar-refractivity contribution in [1.82, 2.24) is 15.5 Å². The molecule has 1 saturated heterocycles. The van der Waals surface area contributed by atoms with Crippen LogP contribution in [0, 0.1) is 0 Å². The summed E-state index contributed by atoms with van der Waals surface area (Å²) in [6.45, 7) is 3.72. The molecule has 100 valence electrons. The number of nitrogens with one attached hydrogen (secondary N) is 1. The van der Waals surface area contributed by atoms with Gasteiger partial charge in [-0.05, 0) is 17.7 Å². The van der Waals surface area contributed by atoms with Crippen LogP contribution in [0.15, 0.2) is 28.8 Å². The second-order valence-electron chi connectivity index (χ2n) is 4.53. The summed E-state index contributed by atoms with van der Waals surface area (Å²) in [5.74, 6) is 0.704. The largest absolute Gasteiger partial charge is 0.324 e. The lowest BCUT2D eigenvalue weighted by Gasteiger charge is -2.24. The van der Waals surface area contributed by atoms with Gasteiger partial charge >= 0.3 is 6.01 Å². The van der Waals surface area contributed by atoms with E-state index in [4.69, 9.17) is 16.1 Å². The molecule has 6 heteroatoms. The number of anilines is 1. The fourth-order valence-electron chi connectivity index (χ4n) is 2.09. The van der Waals surface area contributed by atoms with E-state index >= 15 is 0 Å². The zero-order chi connectivity index (χ0) is 13.1. The summed E-state index contributed by atoms with van der Waals surface area (Å²) in [7, 11) is 0. The summed E-state index contributed by atoms with van der Waals surface area (Å²) in [6, 6.07) is 8.31. The Bertz CT molecular complexity index is 534. The van der Waals surface area contributed by atoms with Gasteiger partial charge in [-0.1, -0.05) is 28.9 Å². The highest BCUT2D eigenvalue weighted by Crippen LogP contribution is 2.15. The molecule has 2 aromatic rings. The van der Waals surface area contributed by atoms with Gasteiger partial charge in [-0.3, -0.25) is 0 Å². The first kappa shape index (κ1) is 12.4. The summed E-state index contributed by atoms with van der Waals surface area (Å²) in [4.78, 5) is 6.55. The van der Waals surface area contributed by atoms with Crippen molar-refractivity contribution >= 4 is 17.6 Å². The minimum Gasteiger partial charge on any atom is -0.322 e. The van der Waals surface area contributed by atoms with Crippen LogP contribution in [0.4, 0.5) is 6.01 Å². The number of piperazine rings is 1. The average molecular weight is 279 g/mol. The Balaban J connectivity index is 1.68. The van der Waals surface area contributed by atoms with Crippen LogP contribution >= 0.6 is 11.6 Å². The van der Waals surface area contributed by atoms with Gasteiger partial charge in [0.25, 0.3) is 0 Å². The minimum absolute atomic E-state index is 0.616. The van der Waals surface area contributed by atoms with Crippen molar-refractivity contribution in [2.75, 3.05) is 31.1 Å². The summed E-state index contributed by atoms with van der Waals surface area (Å²) in [5.41, 5.74) is 1.12. The van der Waals surface area contributed by atoms with Crippen LogP contribution in [0.2, 0.25) is 5.02 Å². The average Bonchev–Trinajstić information content (AvgIpc) is 2.91. The fourth-order valence-corrected chi connectivity index (χ4v) is 2.21. The number of nitrogens with zero attached hydrogens (tertiary/aromatic N) is 3. The number of benzene rings is 1. The Labute approximate surface area is 116 Å². The van der Waals surface area contributed by atoms with Crippen LogP contribution < -0.4 is 10.2 Å². The lowest BCUT2D eigenvalue weighted by molar-refractivity contribution is 0.399. The highest BCUT2D eigenvalue weighted by molar-refractivity contribution is 6.30. The van der Waals surface area contributed by atoms with Gasteiger partial charge in [0.1, 0.15) is 0 Å². The first-order chi connectivity index (χ1) is 9.31. The highest BCUT2D eigenvalue weighted by Gasteiger charge is 2.16. The van der Waals surface area contributed by atoms with Crippen molar-refractivity contribution in [3.05, 3.63) is 40.7 Å². The van der Waals surface area contributed by atoms with Crippen molar-refractivity contribution in [2.45, 2.75) is 6.42 Å². The first-order valence-corrected chi connectivity index (χ1v) is 6.72. The molecule has 0 saturated carbocycles. The third-order valence-corrected chi connectivity index (χ3v) is 3.37. The van der Waals surface area contributed by atoms with Crippen LogP contribution in [0.5, 0.6) is 0 Å². The topological polar surface area (TPSA) is 54.2 Å². The molecule has 3 rings (SSSR count). The third-order valence-electron chi connectivity index (χ3n) is 3.12. The second-order valence-corrected chi connectivity index (χ2v) is 4.97. The van der Waals surface area contributed by atoms with Crippen LogP contribution in [0.1, 0.15) is 11.4 Å². The van der Waals surface area contributed by atoms with Crippen molar-refractivity contribution in [1.29, 1.82) is 0 Å². The van der Waals surface area contributed by atoms with Gasteiger partial charge in [-0.25, -0.2) is 0 Å². The predicted octanol–water partition coefficient (Wildman–Crippen LogP) is 1.72. The number of halogens is 1. The van der Waals surface area contributed by atoms with Gasteiger partial charge in [-0.2, -0.15) is 4.98 Å². The lowest BCUT2D eigenvalue weighted by atomic mass is 10.1. The van der Waals surface area contributed by atoms with E-state index in [0.717, 1.165) is 36.8 Å². The van der Waals surface area contributed by atoms with Crippen LogP contribution in [-0.2, 0) is 6.42 Å². The Kier molecular flexibility index (Phi) is 3.66. The zero-order valence-corrected chi connectivity index (χ0v) is 11.2. The van der Waals surface area contributed by atoms with E-state index in [2.05, 4.69) is 20.4 Å². The molecule has 0 bridgehead atoms. The predicted molar refractivity (Wildman–Crippen MR) is 73.6 cm³/mol. The molecule has 1 aliphatic heterocycles. The molecule has 0 unspecified atom stereocenters. The SMILES string of the molecule is Clc1ccc(Cc2noc(N3CCNCC3)n2)cc1.